The second-order valence-electron chi connectivity index (χ2n) is 10.1. The molecular formula is C27H39ClN8O2. The number of likely N-dealkylation sites (N-methyl/N-ethyl adjacent to an activating group) is 1. The van der Waals surface area contributed by atoms with Gasteiger partial charge in [0.15, 0.2) is 22.5 Å². The average Bonchev–Trinajstić information content (AvgIpc) is 2.94. The van der Waals surface area contributed by atoms with E-state index in [4.69, 9.17) is 17.3 Å². The molecule has 0 bridgehead atoms. The van der Waals surface area contributed by atoms with E-state index < -0.39 is 5.91 Å². The number of hydrogen-bond acceptors (Lipinski definition) is 8. The number of anilines is 2. The van der Waals surface area contributed by atoms with Gasteiger partial charge in [-0.2, -0.15) is 0 Å². The smallest absolute Gasteiger partial charge is 0.273 e. The van der Waals surface area contributed by atoms with Crippen molar-refractivity contribution < 1.29 is 9.59 Å². The van der Waals surface area contributed by atoms with E-state index in [0.717, 1.165) is 57.5 Å². The third kappa shape index (κ3) is 5.87. The van der Waals surface area contributed by atoms with Crippen LogP contribution in [0.1, 0.15) is 53.8 Å². The van der Waals surface area contributed by atoms with E-state index in [1.807, 2.05) is 0 Å². The molecule has 206 valence electrons. The van der Waals surface area contributed by atoms with Crippen LogP contribution in [-0.4, -0.2) is 90.5 Å². The van der Waals surface area contributed by atoms with Gasteiger partial charge in [0, 0.05) is 58.9 Å². The van der Waals surface area contributed by atoms with E-state index in [1.165, 1.54) is 12.6 Å². The maximum atomic E-state index is 12.9. The van der Waals surface area contributed by atoms with Crippen LogP contribution in [0.2, 0.25) is 5.15 Å². The van der Waals surface area contributed by atoms with Crippen LogP contribution in [-0.2, 0) is 4.79 Å². The lowest BCUT2D eigenvalue weighted by atomic mass is 9.95. The second-order valence-corrected chi connectivity index (χ2v) is 10.4. The number of nitrogen functional groups attached to an aromatic ring is 1. The van der Waals surface area contributed by atoms with Gasteiger partial charge in [0.1, 0.15) is 6.04 Å². The van der Waals surface area contributed by atoms with Gasteiger partial charge in [0.25, 0.3) is 5.91 Å². The Morgan fingerprint density at radius 2 is 1.76 bits per heavy atom. The fourth-order valence-corrected chi connectivity index (χ4v) is 5.95. The van der Waals surface area contributed by atoms with Crippen LogP contribution in [0.3, 0.4) is 0 Å². The Morgan fingerprint density at radius 1 is 1.08 bits per heavy atom. The number of benzene rings is 1. The summed E-state index contributed by atoms with van der Waals surface area (Å²) in [4.78, 5) is 40.6. The quantitative estimate of drug-likeness (QED) is 0.487. The van der Waals surface area contributed by atoms with Crippen LogP contribution < -0.4 is 21.3 Å². The number of nitrogens with one attached hydrogen (secondary N) is 2. The Kier molecular flexibility index (Phi) is 9.07. The first-order valence-corrected chi connectivity index (χ1v) is 13.7. The highest BCUT2D eigenvalue weighted by Crippen LogP contribution is 2.31. The van der Waals surface area contributed by atoms with Crippen molar-refractivity contribution in [1.82, 2.24) is 30.4 Å². The number of hydrogen-bond donors (Lipinski definition) is 3. The van der Waals surface area contributed by atoms with Crippen molar-refractivity contribution in [2.75, 3.05) is 57.5 Å². The number of nitrogens with zero attached hydrogens (tertiary/aromatic N) is 5. The number of rotatable bonds is 7. The highest BCUT2D eigenvalue weighted by atomic mass is 35.5. The Morgan fingerprint density at radius 3 is 2.37 bits per heavy atom. The van der Waals surface area contributed by atoms with Crippen LogP contribution >= 0.6 is 11.6 Å². The SMILES string of the molecule is CC[C@H]1CN(c2nc(N)c(C(=O)NC)nc2Cl)CCN1C1CCN([C@@H](C(=O)NC)c2ccc(C)cc2)CC1. The summed E-state index contributed by atoms with van der Waals surface area (Å²) in [6.07, 6.45) is 2.99. The topological polar surface area (TPSA) is 120 Å². The molecule has 11 heteroatoms. The van der Waals surface area contributed by atoms with Crippen LogP contribution in [0, 0.1) is 6.92 Å². The highest BCUT2D eigenvalue weighted by Gasteiger charge is 2.37. The second kappa shape index (κ2) is 12.3. The Bertz CT molecular complexity index is 1140. The number of amides is 2. The minimum Gasteiger partial charge on any atom is -0.382 e. The largest absolute Gasteiger partial charge is 0.382 e. The molecule has 4 rings (SSSR count). The molecule has 0 unspecified atom stereocenters. The van der Waals surface area contributed by atoms with Crippen LogP contribution in [0.5, 0.6) is 0 Å². The van der Waals surface area contributed by atoms with Gasteiger partial charge in [-0.25, -0.2) is 9.97 Å². The maximum absolute atomic E-state index is 12.9. The summed E-state index contributed by atoms with van der Waals surface area (Å²) in [5.41, 5.74) is 8.30. The molecule has 0 radical (unpaired) electrons. The van der Waals surface area contributed by atoms with E-state index in [-0.39, 0.29) is 28.6 Å². The number of aromatic nitrogens is 2. The molecule has 0 saturated carbocycles. The van der Waals surface area contributed by atoms with Crippen molar-refractivity contribution in [3.8, 4) is 0 Å². The molecule has 1 aromatic carbocycles. The summed E-state index contributed by atoms with van der Waals surface area (Å²) in [7, 11) is 3.22. The highest BCUT2D eigenvalue weighted by molar-refractivity contribution is 6.32. The standard InChI is InChI=1S/C27H39ClN8O2/c1-5-19-16-35(25-23(28)32-21(24(29)33-25)26(37)30-3)14-15-36(19)20-10-12-34(13-11-20)22(27(38)31-4)18-8-6-17(2)7-9-18/h6-9,19-20,22H,5,10-16H2,1-4H3,(H2,29,33)(H,30,37)(H,31,38)/t19-,22+/m0/s1. The Balaban J connectivity index is 1.42. The molecular weight excluding hydrogens is 504 g/mol. The molecule has 2 aliphatic heterocycles. The van der Waals surface area contributed by atoms with E-state index >= 15 is 0 Å². The predicted octanol–water partition coefficient (Wildman–Crippen LogP) is 2.23. The molecule has 2 atom stereocenters. The Labute approximate surface area is 229 Å². The molecule has 3 heterocycles. The molecule has 0 spiro atoms. The summed E-state index contributed by atoms with van der Waals surface area (Å²) in [6, 6.07) is 8.77. The van der Waals surface area contributed by atoms with Crippen molar-refractivity contribution in [3.05, 3.63) is 46.2 Å². The number of halogens is 1. The Hall–Kier alpha value is -2.95. The van der Waals surface area contributed by atoms with Gasteiger partial charge in [-0.05, 0) is 31.7 Å². The summed E-state index contributed by atoms with van der Waals surface area (Å²) < 4.78 is 0. The van der Waals surface area contributed by atoms with E-state index in [1.54, 1.807) is 7.05 Å². The van der Waals surface area contributed by atoms with Gasteiger partial charge in [0.05, 0.1) is 0 Å². The molecule has 1 aromatic heterocycles. The minimum atomic E-state index is -0.410. The maximum Gasteiger partial charge on any atom is 0.273 e. The van der Waals surface area contributed by atoms with Gasteiger partial charge in [-0.3, -0.25) is 19.4 Å². The van der Waals surface area contributed by atoms with Gasteiger partial charge in [0.2, 0.25) is 5.91 Å². The summed E-state index contributed by atoms with van der Waals surface area (Å²) >= 11 is 6.45. The molecule has 38 heavy (non-hydrogen) atoms. The lowest BCUT2D eigenvalue weighted by molar-refractivity contribution is -0.127. The number of carbonyl (C=O) groups is 2. The zero-order chi connectivity index (χ0) is 27.4. The summed E-state index contributed by atoms with van der Waals surface area (Å²) in [6.45, 7) is 8.36. The van der Waals surface area contributed by atoms with Gasteiger partial charge in [-0.1, -0.05) is 48.4 Å². The zero-order valence-corrected chi connectivity index (χ0v) is 23.5. The average molecular weight is 543 g/mol. The third-order valence-electron chi connectivity index (χ3n) is 7.83. The van der Waals surface area contributed by atoms with Crippen LogP contribution in [0.4, 0.5) is 11.6 Å². The normalized spacial score (nSPS) is 20.2. The lowest BCUT2D eigenvalue weighted by Crippen LogP contribution is -2.59. The number of aryl methyl sites for hydroxylation is 1. The molecule has 2 aromatic rings. The van der Waals surface area contributed by atoms with Gasteiger partial charge in [-0.15, -0.1) is 0 Å². The summed E-state index contributed by atoms with van der Waals surface area (Å²) in [5, 5.41) is 5.56. The zero-order valence-electron chi connectivity index (χ0n) is 22.7. The number of likely N-dealkylation sites (tertiary alicyclic amines) is 1. The molecule has 2 fully saturated rings. The molecule has 2 saturated heterocycles. The monoisotopic (exact) mass is 542 g/mol. The van der Waals surface area contributed by atoms with Crippen molar-refractivity contribution in [2.45, 2.75) is 51.2 Å². The molecule has 10 nitrogen and oxygen atoms in total. The first-order chi connectivity index (χ1) is 18.3. The molecule has 0 aliphatic carbocycles. The molecule has 2 amide bonds. The third-order valence-corrected chi connectivity index (χ3v) is 8.08. The predicted molar refractivity (Wildman–Crippen MR) is 150 cm³/mol. The van der Waals surface area contributed by atoms with Gasteiger partial charge >= 0.3 is 0 Å². The van der Waals surface area contributed by atoms with Crippen LogP contribution in [0.15, 0.2) is 24.3 Å². The first kappa shape index (κ1) is 28.1. The van der Waals surface area contributed by atoms with E-state index in [2.05, 4.69) is 73.4 Å². The molecule has 4 N–H and O–H groups in total. The van der Waals surface area contributed by atoms with Crippen molar-refractivity contribution in [3.63, 3.8) is 0 Å². The van der Waals surface area contributed by atoms with Crippen molar-refractivity contribution in [1.29, 1.82) is 0 Å². The number of carbonyl (C=O) groups excluding carboxylic acids is 2. The molecule has 2 aliphatic rings. The van der Waals surface area contributed by atoms with E-state index in [9.17, 15) is 9.59 Å². The van der Waals surface area contributed by atoms with E-state index in [0.29, 0.717) is 17.9 Å². The van der Waals surface area contributed by atoms with Gasteiger partial charge < -0.3 is 21.3 Å². The van der Waals surface area contributed by atoms with Crippen molar-refractivity contribution in [2.24, 2.45) is 0 Å². The first-order valence-electron chi connectivity index (χ1n) is 13.3. The number of piperidine rings is 1. The van der Waals surface area contributed by atoms with Crippen LogP contribution in [0.25, 0.3) is 0 Å². The summed E-state index contributed by atoms with van der Waals surface area (Å²) in [5.74, 6) is 0.223. The minimum absolute atomic E-state index is 0.0343. The fourth-order valence-electron chi connectivity index (χ4n) is 5.70. The van der Waals surface area contributed by atoms with Crippen molar-refractivity contribution >= 4 is 35.1 Å². The number of nitrogens with two attached hydrogens (primary N) is 1. The number of piperazine rings is 1. The fraction of sp³-hybridized carbons (Fsp3) is 0.556. The lowest BCUT2D eigenvalue weighted by Gasteiger charge is -2.48.